The van der Waals surface area contributed by atoms with Crippen LogP contribution in [-0.4, -0.2) is 64.4 Å². The minimum absolute atomic E-state index is 0.172. The fourth-order valence-corrected chi connectivity index (χ4v) is 3.40. The summed E-state index contributed by atoms with van der Waals surface area (Å²) in [7, 11) is 2.15. The molecule has 0 amide bonds. The van der Waals surface area contributed by atoms with Crippen LogP contribution in [0.2, 0.25) is 0 Å². The highest BCUT2D eigenvalue weighted by Crippen LogP contribution is 2.38. The number of aliphatic hydroxyl groups excluding tert-OH is 1. The Morgan fingerprint density at radius 2 is 1.96 bits per heavy atom. The molecule has 1 saturated heterocycles. The third-order valence-electron chi connectivity index (χ3n) is 5.19. The molecule has 0 bridgehead atoms. The van der Waals surface area contributed by atoms with Gasteiger partial charge in [0.2, 0.25) is 5.89 Å². The van der Waals surface area contributed by atoms with Crippen LogP contribution >= 0.6 is 0 Å². The third kappa shape index (κ3) is 4.52. The van der Waals surface area contributed by atoms with Crippen molar-refractivity contribution in [1.82, 2.24) is 19.9 Å². The number of rotatable bonds is 7. The summed E-state index contributed by atoms with van der Waals surface area (Å²) >= 11 is 0. The van der Waals surface area contributed by atoms with E-state index in [4.69, 9.17) is 4.52 Å². The number of hydrogen-bond acceptors (Lipinski definition) is 6. The molecular weight excluding hydrogens is 292 g/mol. The number of piperidine rings is 1. The molecule has 6 heteroatoms. The van der Waals surface area contributed by atoms with Gasteiger partial charge in [-0.1, -0.05) is 5.16 Å². The second-order valence-corrected chi connectivity index (χ2v) is 7.47. The molecule has 1 aliphatic heterocycles. The van der Waals surface area contributed by atoms with Crippen LogP contribution in [0.4, 0.5) is 0 Å². The number of likely N-dealkylation sites (tertiary alicyclic amines) is 1. The van der Waals surface area contributed by atoms with E-state index in [1.165, 1.54) is 25.7 Å². The molecule has 1 aliphatic carbocycles. The van der Waals surface area contributed by atoms with Crippen molar-refractivity contribution in [3.63, 3.8) is 0 Å². The van der Waals surface area contributed by atoms with Gasteiger partial charge in [0.05, 0.1) is 12.1 Å². The van der Waals surface area contributed by atoms with Crippen LogP contribution in [0.15, 0.2) is 4.52 Å². The molecule has 1 aromatic heterocycles. The lowest BCUT2D eigenvalue weighted by Gasteiger charge is -2.35. The maximum Gasteiger partial charge on any atom is 0.243 e. The minimum atomic E-state index is -0.229. The van der Waals surface area contributed by atoms with Crippen LogP contribution in [0.25, 0.3) is 0 Å². The largest absolute Gasteiger partial charge is 0.392 e. The zero-order chi connectivity index (χ0) is 16.4. The Bertz CT molecular complexity index is 493. The summed E-state index contributed by atoms with van der Waals surface area (Å²) in [6, 6.07) is 0.172. The average molecular weight is 322 g/mol. The smallest absolute Gasteiger partial charge is 0.243 e. The van der Waals surface area contributed by atoms with Gasteiger partial charge in [0.25, 0.3) is 0 Å². The van der Waals surface area contributed by atoms with Crippen molar-refractivity contribution in [2.75, 3.05) is 33.2 Å². The number of hydrogen-bond donors (Lipinski definition) is 1. The Kier molecular flexibility index (Phi) is 5.34. The second kappa shape index (κ2) is 7.28. The minimum Gasteiger partial charge on any atom is -0.392 e. The van der Waals surface area contributed by atoms with Crippen molar-refractivity contribution in [1.29, 1.82) is 0 Å². The van der Waals surface area contributed by atoms with Crippen molar-refractivity contribution < 1.29 is 9.63 Å². The molecule has 3 rings (SSSR count). The highest BCUT2D eigenvalue weighted by Gasteiger charge is 2.30. The van der Waals surface area contributed by atoms with Gasteiger partial charge in [-0.05, 0) is 65.6 Å². The van der Waals surface area contributed by atoms with Gasteiger partial charge in [-0.3, -0.25) is 4.90 Å². The first kappa shape index (κ1) is 16.9. The molecule has 2 atom stereocenters. The fourth-order valence-electron chi connectivity index (χ4n) is 3.40. The topological polar surface area (TPSA) is 65.6 Å². The summed E-state index contributed by atoms with van der Waals surface area (Å²) in [4.78, 5) is 9.27. The molecular formula is C17H30N4O2. The number of β-amino-alcohol motifs (C(OH)–C–C–N with tert-alkyl or cyclic N) is 1. The van der Waals surface area contributed by atoms with E-state index < -0.39 is 0 Å². The van der Waals surface area contributed by atoms with E-state index in [-0.39, 0.29) is 12.1 Å². The van der Waals surface area contributed by atoms with Crippen molar-refractivity contribution in [2.45, 2.75) is 57.6 Å². The van der Waals surface area contributed by atoms with Gasteiger partial charge in [-0.15, -0.1) is 0 Å². The Hall–Kier alpha value is -0.980. The SMILES string of the molecule is C[C@H](O)CN1CCC(CN(C)[C@H](C)c2nc(C3CC3)no2)CC1. The number of aromatic nitrogens is 2. The molecule has 6 nitrogen and oxygen atoms in total. The van der Waals surface area contributed by atoms with Gasteiger partial charge in [0, 0.05) is 19.0 Å². The molecule has 1 N–H and O–H groups in total. The maximum absolute atomic E-state index is 9.49. The molecule has 23 heavy (non-hydrogen) atoms. The van der Waals surface area contributed by atoms with Crippen LogP contribution in [0, 0.1) is 5.92 Å². The summed E-state index contributed by atoms with van der Waals surface area (Å²) in [6.07, 6.45) is 4.57. The van der Waals surface area contributed by atoms with Crippen molar-refractivity contribution >= 4 is 0 Å². The van der Waals surface area contributed by atoms with Crippen LogP contribution in [0.3, 0.4) is 0 Å². The van der Waals surface area contributed by atoms with E-state index in [1.807, 2.05) is 6.92 Å². The zero-order valence-electron chi connectivity index (χ0n) is 14.6. The van der Waals surface area contributed by atoms with Gasteiger partial charge < -0.3 is 14.5 Å². The third-order valence-corrected chi connectivity index (χ3v) is 5.19. The van der Waals surface area contributed by atoms with E-state index in [0.717, 1.165) is 37.9 Å². The molecule has 2 aliphatic rings. The van der Waals surface area contributed by atoms with Crippen LogP contribution < -0.4 is 0 Å². The van der Waals surface area contributed by atoms with Crippen LogP contribution in [0.5, 0.6) is 0 Å². The molecule has 2 heterocycles. The first-order chi connectivity index (χ1) is 11.0. The summed E-state index contributed by atoms with van der Waals surface area (Å²) in [6.45, 7) is 8.04. The van der Waals surface area contributed by atoms with Gasteiger partial charge >= 0.3 is 0 Å². The van der Waals surface area contributed by atoms with E-state index in [0.29, 0.717) is 11.8 Å². The lowest BCUT2D eigenvalue weighted by atomic mass is 9.95. The summed E-state index contributed by atoms with van der Waals surface area (Å²) in [5.41, 5.74) is 0. The molecule has 1 saturated carbocycles. The second-order valence-electron chi connectivity index (χ2n) is 7.47. The number of aliphatic hydroxyl groups is 1. The molecule has 0 radical (unpaired) electrons. The Balaban J connectivity index is 1.45. The molecule has 0 spiro atoms. The monoisotopic (exact) mass is 322 g/mol. The highest BCUT2D eigenvalue weighted by atomic mass is 16.5. The van der Waals surface area contributed by atoms with Gasteiger partial charge in [-0.25, -0.2) is 0 Å². The highest BCUT2D eigenvalue weighted by molar-refractivity contribution is 5.04. The number of nitrogens with zero attached hydrogens (tertiary/aromatic N) is 4. The van der Waals surface area contributed by atoms with Crippen molar-refractivity contribution in [3.05, 3.63) is 11.7 Å². The summed E-state index contributed by atoms with van der Waals surface area (Å²) < 4.78 is 5.46. The van der Waals surface area contributed by atoms with E-state index in [2.05, 4.69) is 33.9 Å². The maximum atomic E-state index is 9.49. The fraction of sp³-hybridized carbons (Fsp3) is 0.882. The van der Waals surface area contributed by atoms with E-state index in [9.17, 15) is 5.11 Å². The predicted octanol–water partition coefficient (Wildman–Crippen LogP) is 2.03. The van der Waals surface area contributed by atoms with Gasteiger partial charge in [0.1, 0.15) is 0 Å². The van der Waals surface area contributed by atoms with Crippen molar-refractivity contribution in [3.8, 4) is 0 Å². The Morgan fingerprint density at radius 1 is 1.26 bits per heavy atom. The van der Waals surface area contributed by atoms with Crippen LogP contribution in [0.1, 0.15) is 63.2 Å². The molecule has 1 aromatic rings. The van der Waals surface area contributed by atoms with Crippen molar-refractivity contribution in [2.24, 2.45) is 5.92 Å². The lowest BCUT2D eigenvalue weighted by Crippen LogP contribution is -2.41. The lowest BCUT2D eigenvalue weighted by molar-refractivity contribution is 0.0860. The first-order valence-corrected chi connectivity index (χ1v) is 8.97. The van der Waals surface area contributed by atoms with E-state index >= 15 is 0 Å². The first-order valence-electron chi connectivity index (χ1n) is 8.97. The zero-order valence-corrected chi connectivity index (χ0v) is 14.6. The molecule has 0 unspecified atom stereocenters. The quantitative estimate of drug-likeness (QED) is 0.828. The Labute approximate surface area is 138 Å². The van der Waals surface area contributed by atoms with Gasteiger partial charge in [0.15, 0.2) is 5.82 Å². The molecule has 130 valence electrons. The predicted molar refractivity (Wildman–Crippen MR) is 88.2 cm³/mol. The summed E-state index contributed by atoms with van der Waals surface area (Å²) in [5.74, 6) is 2.90. The van der Waals surface area contributed by atoms with Crippen LogP contribution in [-0.2, 0) is 0 Å². The Morgan fingerprint density at radius 3 is 2.57 bits per heavy atom. The average Bonchev–Trinajstić information content (AvgIpc) is 3.25. The van der Waals surface area contributed by atoms with E-state index in [1.54, 1.807) is 0 Å². The normalized spacial score (nSPS) is 23.3. The molecule has 0 aromatic carbocycles. The molecule has 2 fully saturated rings. The standard InChI is InChI=1S/C17H30N4O2/c1-12(22)10-21-8-6-14(7-9-21)11-20(3)13(2)17-18-16(19-23-17)15-4-5-15/h12-15,22H,4-11H2,1-3H3/t12-,13+/m0/s1. The summed E-state index contributed by atoms with van der Waals surface area (Å²) in [5, 5.41) is 13.6. The van der Waals surface area contributed by atoms with Gasteiger partial charge in [-0.2, -0.15) is 4.98 Å².